The molecule has 1 aromatic rings. The Balaban J connectivity index is 3.13. The van der Waals surface area contributed by atoms with Gasteiger partial charge in [0.1, 0.15) is 5.75 Å². The van der Waals surface area contributed by atoms with Crippen LogP contribution in [0, 0.1) is 0 Å². The Labute approximate surface area is 107 Å². The summed E-state index contributed by atoms with van der Waals surface area (Å²) in [6.45, 7) is 9.50. The molecule has 2 heteroatoms. The van der Waals surface area contributed by atoms with Crippen LogP contribution in [-0.4, -0.2) is 15.2 Å². The largest absolute Gasteiger partial charge is 0.496 e. The summed E-state index contributed by atoms with van der Waals surface area (Å²) in [7, 11) is 0.587. The molecule has 0 bridgehead atoms. The van der Waals surface area contributed by atoms with E-state index in [1.807, 2.05) is 0 Å². The summed E-state index contributed by atoms with van der Waals surface area (Å²) in [5.74, 6) is 1.06. The minimum absolute atomic E-state index is 0.679. The SMILES string of the molecule is CC[Si](CC)(CC)C(C)c1ccccc1OC. The van der Waals surface area contributed by atoms with Gasteiger partial charge in [0.25, 0.3) is 0 Å². The number of ether oxygens (including phenoxy) is 1. The molecule has 96 valence electrons. The number of hydrogen-bond acceptors (Lipinski definition) is 1. The van der Waals surface area contributed by atoms with Gasteiger partial charge in [-0.15, -0.1) is 0 Å². The molecule has 1 rings (SSSR count). The zero-order chi connectivity index (χ0) is 12.9. The van der Waals surface area contributed by atoms with Gasteiger partial charge in [0.05, 0.1) is 15.2 Å². The molecule has 1 unspecified atom stereocenters. The van der Waals surface area contributed by atoms with E-state index in [1.54, 1.807) is 7.11 Å². The Hall–Kier alpha value is -0.763. The molecule has 0 aromatic heterocycles. The minimum atomic E-state index is -1.19. The van der Waals surface area contributed by atoms with E-state index in [-0.39, 0.29) is 0 Å². The third kappa shape index (κ3) is 2.74. The summed E-state index contributed by atoms with van der Waals surface area (Å²) in [5, 5.41) is 0. The predicted octanol–water partition coefficient (Wildman–Crippen LogP) is 4.85. The van der Waals surface area contributed by atoms with Crippen LogP contribution in [0.25, 0.3) is 0 Å². The van der Waals surface area contributed by atoms with Crippen LogP contribution in [0.3, 0.4) is 0 Å². The highest BCUT2D eigenvalue weighted by Gasteiger charge is 2.35. The fourth-order valence-corrected chi connectivity index (χ4v) is 7.26. The lowest BCUT2D eigenvalue weighted by Crippen LogP contribution is -2.38. The second-order valence-electron chi connectivity index (χ2n) is 4.89. The second-order valence-corrected chi connectivity index (χ2v) is 10.6. The van der Waals surface area contributed by atoms with Crippen molar-refractivity contribution in [3.8, 4) is 5.75 Å². The van der Waals surface area contributed by atoms with E-state index in [0.29, 0.717) is 5.54 Å². The zero-order valence-electron chi connectivity index (χ0n) is 11.9. The van der Waals surface area contributed by atoms with E-state index in [4.69, 9.17) is 4.74 Å². The van der Waals surface area contributed by atoms with Gasteiger partial charge in [0.15, 0.2) is 0 Å². The molecule has 0 aliphatic rings. The lowest BCUT2D eigenvalue weighted by Gasteiger charge is -2.35. The van der Waals surface area contributed by atoms with Gasteiger partial charge < -0.3 is 4.74 Å². The van der Waals surface area contributed by atoms with Gasteiger partial charge in [-0.25, -0.2) is 0 Å². The van der Waals surface area contributed by atoms with Crippen molar-refractivity contribution in [2.75, 3.05) is 7.11 Å². The number of methoxy groups -OCH3 is 1. The van der Waals surface area contributed by atoms with Gasteiger partial charge in [-0.2, -0.15) is 0 Å². The molecule has 0 heterocycles. The van der Waals surface area contributed by atoms with Gasteiger partial charge in [0.2, 0.25) is 0 Å². The smallest absolute Gasteiger partial charge is 0.122 e. The molecular formula is C15H26OSi. The molecule has 0 fully saturated rings. The molecule has 0 saturated heterocycles. The van der Waals surface area contributed by atoms with Crippen molar-refractivity contribution in [1.29, 1.82) is 0 Å². The first-order valence-electron chi connectivity index (χ1n) is 6.78. The first kappa shape index (κ1) is 14.3. The van der Waals surface area contributed by atoms with Crippen LogP contribution in [0.2, 0.25) is 18.1 Å². The third-order valence-corrected chi connectivity index (χ3v) is 11.0. The van der Waals surface area contributed by atoms with E-state index in [9.17, 15) is 0 Å². The Morgan fingerprint density at radius 3 is 2.06 bits per heavy atom. The molecular weight excluding hydrogens is 224 g/mol. The Kier molecular flexibility index (Phi) is 5.25. The van der Waals surface area contributed by atoms with Crippen molar-refractivity contribution in [3.63, 3.8) is 0 Å². The molecule has 1 atom stereocenters. The summed E-state index contributed by atoms with van der Waals surface area (Å²) >= 11 is 0. The van der Waals surface area contributed by atoms with Crippen LogP contribution in [0.5, 0.6) is 5.75 Å². The van der Waals surface area contributed by atoms with E-state index in [0.717, 1.165) is 5.75 Å². The average molecular weight is 250 g/mol. The van der Waals surface area contributed by atoms with Gasteiger partial charge >= 0.3 is 0 Å². The number of benzene rings is 1. The summed E-state index contributed by atoms with van der Waals surface area (Å²) in [4.78, 5) is 0. The van der Waals surface area contributed by atoms with Gasteiger partial charge in [-0.3, -0.25) is 0 Å². The van der Waals surface area contributed by atoms with Crippen molar-refractivity contribution in [1.82, 2.24) is 0 Å². The predicted molar refractivity (Wildman–Crippen MR) is 78.6 cm³/mol. The molecule has 1 nitrogen and oxygen atoms in total. The highest BCUT2D eigenvalue weighted by atomic mass is 28.3. The molecule has 0 radical (unpaired) electrons. The highest BCUT2D eigenvalue weighted by molar-refractivity contribution is 6.80. The van der Waals surface area contributed by atoms with Crippen molar-refractivity contribution in [2.45, 2.75) is 51.4 Å². The van der Waals surface area contributed by atoms with Gasteiger partial charge in [-0.1, -0.05) is 64.0 Å². The summed E-state index contributed by atoms with van der Waals surface area (Å²) < 4.78 is 5.52. The molecule has 1 aromatic carbocycles. The first-order chi connectivity index (χ1) is 8.15. The maximum absolute atomic E-state index is 5.52. The fraction of sp³-hybridized carbons (Fsp3) is 0.600. The maximum Gasteiger partial charge on any atom is 0.122 e. The normalized spacial score (nSPS) is 13.5. The molecule has 0 spiro atoms. The summed E-state index contributed by atoms with van der Waals surface area (Å²) in [6.07, 6.45) is 0. The van der Waals surface area contributed by atoms with E-state index < -0.39 is 8.07 Å². The Bertz CT molecular complexity index is 336. The van der Waals surface area contributed by atoms with E-state index >= 15 is 0 Å². The second kappa shape index (κ2) is 6.25. The minimum Gasteiger partial charge on any atom is -0.496 e. The molecule has 0 saturated carbocycles. The van der Waals surface area contributed by atoms with Crippen LogP contribution in [0.15, 0.2) is 24.3 Å². The molecule has 0 N–H and O–H groups in total. The van der Waals surface area contributed by atoms with Crippen LogP contribution < -0.4 is 4.74 Å². The Morgan fingerprint density at radius 2 is 1.59 bits per heavy atom. The van der Waals surface area contributed by atoms with Gasteiger partial charge in [-0.05, 0) is 17.2 Å². The van der Waals surface area contributed by atoms with Crippen LogP contribution in [0.1, 0.15) is 38.8 Å². The third-order valence-electron chi connectivity index (χ3n) is 4.64. The van der Waals surface area contributed by atoms with Crippen LogP contribution >= 0.6 is 0 Å². The van der Waals surface area contributed by atoms with Crippen molar-refractivity contribution >= 4 is 8.07 Å². The van der Waals surface area contributed by atoms with E-state index in [1.165, 1.54) is 23.7 Å². The number of hydrogen-bond donors (Lipinski definition) is 0. The molecule has 0 aliphatic carbocycles. The standard InChI is InChI=1S/C15H26OSi/c1-6-17(7-2,8-3)13(4)14-11-9-10-12-15(14)16-5/h9-13H,6-8H2,1-5H3. The highest BCUT2D eigenvalue weighted by Crippen LogP contribution is 2.39. The lowest BCUT2D eigenvalue weighted by atomic mass is 10.1. The maximum atomic E-state index is 5.52. The quantitative estimate of drug-likeness (QED) is 0.656. The lowest BCUT2D eigenvalue weighted by molar-refractivity contribution is 0.409. The molecule has 0 aliphatic heterocycles. The fourth-order valence-electron chi connectivity index (χ4n) is 3.02. The Morgan fingerprint density at radius 1 is 1.06 bits per heavy atom. The van der Waals surface area contributed by atoms with Crippen molar-refractivity contribution in [3.05, 3.63) is 29.8 Å². The van der Waals surface area contributed by atoms with E-state index in [2.05, 4.69) is 52.0 Å². The van der Waals surface area contributed by atoms with Crippen LogP contribution in [-0.2, 0) is 0 Å². The van der Waals surface area contributed by atoms with Crippen LogP contribution in [0.4, 0.5) is 0 Å². The number of rotatable bonds is 6. The van der Waals surface area contributed by atoms with Gasteiger partial charge in [0, 0.05) is 0 Å². The first-order valence-corrected chi connectivity index (χ1v) is 9.48. The number of para-hydroxylation sites is 1. The van der Waals surface area contributed by atoms with Crippen molar-refractivity contribution in [2.24, 2.45) is 0 Å². The zero-order valence-corrected chi connectivity index (χ0v) is 12.9. The molecule has 17 heavy (non-hydrogen) atoms. The average Bonchev–Trinajstić information content (AvgIpc) is 2.41. The van der Waals surface area contributed by atoms with Crippen molar-refractivity contribution < 1.29 is 4.74 Å². The monoisotopic (exact) mass is 250 g/mol. The summed E-state index contributed by atoms with van der Waals surface area (Å²) in [6, 6.07) is 12.6. The summed E-state index contributed by atoms with van der Waals surface area (Å²) in [5.41, 5.74) is 2.09. The molecule has 0 amide bonds. The topological polar surface area (TPSA) is 9.23 Å².